The molecule has 2 nitrogen and oxygen atoms in total. The molecular formula is C12H19NO. The summed E-state index contributed by atoms with van der Waals surface area (Å²) in [4.78, 5) is 4.37. The Kier molecular flexibility index (Phi) is 3.50. The Hall–Kier alpha value is -1.05. The lowest BCUT2D eigenvalue weighted by Crippen LogP contribution is -2.02. The Labute approximate surface area is 86.3 Å². The van der Waals surface area contributed by atoms with Gasteiger partial charge in [0.05, 0.1) is 12.8 Å². The lowest BCUT2D eigenvalue weighted by molar-refractivity contribution is 0.397. The summed E-state index contributed by atoms with van der Waals surface area (Å²) in [5.41, 5.74) is 2.30. The summed E-state index contributed by atoms with van der Waals surface area (Å²) in [7, 11) is 1.72. The van der Waals surface area contributed by atoms with Crippen molar-refractivity contribution in [1.82, 2.24) is 4.98 Å². The van der Waals surface area contributed by atoms with Crippen LogP contribution < -0.4 is 4.74 Å². The first-order chi connectivity index (χ1) is 6.57. The minimum Gasteiger partial charge on any atom is -0.495 e. The summed E-state index contributed by atoms with van der Waals surface area (Å²) in [6.07, 6.45) is 1.87. The van der Waals surface area contributed by atoms with E-state index < -0.39 is 0 Å². The molecule has 1 heterocycles. The molecule has 1 aromatic rings. The van der Waals surface area contributed by atoms with Crippen LogP contribution in [0.25, 0.3) is 0 Å². The highest BCUT2D eigenvalue weighted by Crippen LogP contribution is 2.32. The summed E-state index contributed by atoms with van der Waals surface area (Å²) < 4.78 is 5.44. The van der Waals surface area contributed by atoms with Crippen LogP contribution >= 0.6 is 0 Å². The van der Waals surface area contributed by atoms with Crippen LogP contribution in [0.2, 0.25) is 0 Å². The number of methoxy groups -OCH3 is 1. The van der Waals surface area contributed by atoms with Gasteiger partial charge in [-0.3, -0.25) is 4.98 Å². The van der Waals surface area contributed by atoms with E-state index in [-0.39, 0.29) is 0 Å². The quantitative estimate of drug-likeness (QED) is 0.734. The minimum absolute atomic E-state index is 0.406. The van der Waals surface area contributed by atoms with Gasteiger partial charge >= 0.3 is 0 Å². The van der Waals surface area contributed by atoms with E-state index in [2.05, 4.69) is 32.7 Å². The second-order valence-electron chi connectivity index (χ2n) is 4.13. The predicted octanol–water partition coefficient (Wildman–Crippen LogP) is 3.34. The normalized spacial score (nSPS) is 11.1. The highest BCUT2D eigenvalue weighted by molar-refractivity contribution is 5.40. The molecule has 0 unspecified atom stereocenters. The zero-order valence-electron chi connectivity index (χ0n) is 9.66. The number of aromatic nitrogens is 1. The molecule has 0 aliphatic rings. The van der Waals surface area contributed by atoms with Crippen molar-refractivity contribution < 1.29 is 4.74 Å². The third-order valence-corrected chi connectivity index (χ3v) is 2.34. The molecule has 0 fully saturated rings. The molecule has 0 aliphatic carbocycles. The highest BCUT2D eigenvalue weighted by atomic mass is 16.5. The SMILES string of the molecule is COc1c(C(C)C)ccnc1C(C)C. The number of hydrogen-bond acceptors (Lipinski definition) is 2. The molecule has 0 saturated heterocycles. The first-order valence-electron chi connectivity index (χ1n) is 5.10. The van der Waals surface area contributed by atoms with Crippen LogP contribution in [0, 0.1) is 0 Å². The van der Waals surface area contributed by atoms with E-state index in [0.29, 0.717) is 11.8 Å². The van der Waals surface area contributed by atoms with Crippen molar-refractivity contribution in [2.45, 2.75) is 39.5 Å². The third kappa shape index (κ3) is 2.06. The molecule has 1 rings (SSSR count). The molecule has 0 atom stereocenters. The smallest absolute Gasteiger partial charge is 0.144 e. The number of ether oxygens (including phenoxy) is 1. The van der Waals surface area contributed by atoms with E-state index in [1.54, 1.807) is 7.11 Å². The molecule has 0 bridgehead atoms. The van der Waals surface area contributed by atoms with E-state index in [1.807, 2.05) is 12.3 Å². The Morgan fingerprint density at radius 1 is 1.14 bits per heavy atom. The van der Waals surface area contributed by atoms with Gasteiger partial charge in [-0.05, 0) is 17.9 Å². The molecule has 2 heteroatoms. The van der Waals surface area contributed by atoms with Crippen molar-refractivity contribution in [2.75, 3.05) is 7.11 Å². The molecule has 0 saturated carbocycles. The van der Waals surface area contributed by atoms with Gasteiger partial charge in [-0.2, -0.15) is 0 Å². The molecular weight excluding hydrogens is 174 g/mol. The van der Waals surface area contributed by atoms with Crippen molar-refractivity contribution in [2.24, 2.45) is 0 Å². The van der Waals surface area contributed by atoms with Crippen LogP contribution in [-0.2, 0) is 0 Å². The summed E-state index contributed by atoms with van der Waals surface area (Å²) in [6, 6.07) is 2.04. The average molecular weight is 193 g/mol. The Bertz CT molecular complexity index is 279. The number of rotatable bonds is 3. The molecule has 0 aliphatic heterocycles. The van der Waals surface area contributed by atoms with Gasteiger partial charge in [0.1, 0.15) is 5.75 Å². The van der Waals surface area contributed by atoms with Gasteiger partial charge in [0.2, 0.25) is 0 Å². The lowest BCUT2D eigenvalue weighted by Gasteiger charge is -2.16. The first-order valence-corrected chi connectivity index (χ1v) is 5.10. The van der Waals surface area contributed by atoms with E-state index >= 15 is 0 Å². The van der Waals surface area contributed by atoms with Crippen molar-refractivity contribution in [3.05, 3.63) is 23.5 Å². The summed E-state index contributed by atoms with van der Waals surface area (Å²) in [5, 5.41) is 0. The third-order valence-electron chi connectivity index (χ3n) is 2.34. The summed E-state index contributed by atoms with van der Waals surface area (Å²) in [5.74, 6) is 1.84. The fourth-order valence-corrected chi connectivity index (χ4v) is 1.57. The molecule has 0 spiro atoms. The van der Waals surface area contributed by atoms with Gasteiger partial charge < -0.3 is 4.74 Å². The monoisotopic (exact) mass is 193 g/mol. The van der Waals surface area contributed by atoms with Crippen LogP contribution in [0.5, 0.6) is 5.75 Å². The van der Waals surface area contributed by atoms with Crippen molar-refractivity contribution in [3.63, 3.8) is 0 Å². The Balaban J connectivity index is 3.25. The maximum absolute atomic E-state index is 5.44. The van der Waals surface area contributed by atoms with Crippen LogP contribution in [0.4, 0.5) is 0 Å². The molecule has 0 N–H and O–H groups in total. The van der Waals surface area contributed by atoms with Crippen molar-refractivity contribution >= 4 is 0 Å². The van der Waals surface area contributed by atoms with Gasteiger partial charge in [-0.25, -0.2) is 0 Å². The van der Waals surface area contributed by atoms with E-state index in [0.717, 1.165) is 11.4 Å². The lowest BCUT2D eigenvalue weighted by atomic mass is 9.99. The summed E-state index contributed by atoms with van der Waals surface area (Å²) in [6.45, 7) is 8.60. The maximum Gasteiger partial charge on any atom is 0.144 e. The Morgan fingerprint density at radius 2 is 1.79 bits per heavy atom. The topological polar surface area (TPSA) is 22.1 Å². The highest BCUT2D eigenvalue weighted by Gasteiger charge is 2.14. The van der Waals surface area contributed by atoms with Crippen LogP contribution in [0.15, 0.2) is 12.3 Å². The molecule has 78 valence electrons. The average Bonchev–Trinajstić information content (AvgIpc) is 2.16. The second-order valence-corrected chi connectivity index (χ2v) is 4.13. The van der Waals surface area contributed by atoms with Crippen LogP contribution in [-0.4, -0.2) is 12.1 Å². The van der Waals surface area contributed by atoms with Crippen molar-refractivity contribution in [3.8, 4) is 5.75 Å². The number of hydrogen-bond donors (Lipinski definition) is 0. The van der Waals surface area contributed by atoms with E-state index in [4.69, 9.17) is 4.74 Å². The standard InChI is InChI=1S/C12H19NO/c1-8(2)10-6-7-13-11(9(3)4)12(10)14-5/h6-9H,1-5H3. The summed E-state index contributed by atoms with van der Waals surface area (Å²) >= 11 is 0. The molecule has 0 aromatic carbocycles. The molecule has 0 radical (unpaired) electrons. The van der Waals surface area contributed by atoms with Crippen LogP contribution in [0.1, 0.15) is 50.8 Å². The molecule has 14 heavy (non-hydrogen) atoms. The zero-order valence-corrected chi connectivity index (χ0v) is 9.66. The number of pyridine rings is 1. The number of nitrogens with zero attached hydrogens (tertiary/aromatic N) is 1. The van der Waals surface area contributed by atoms with E-state index in [1.165, 1.54) is 5.56 Å². The van der Waals surface area contributed by atoms with Crippen LogP contribution in [0.3, 0.4) is 0 Å². The Morgan fingerprint density at radius 3 is 2.21 bits per heavy atom. The fourth-order valence-electron chi connectivity index (χ4n) is 1.57. The zero-order chi connectivity index (χ0) is 10.7. The van der Waals surface area contributed by atoms with Gasteiger partial charge in [0, 0.05) is 11.8 Å². The maximum atomic E-state index is 5.44. The van der Waals surface area contributed by atoms with Gasteiger partial charge in [0.15, 0.2) is 0 Å². The first kappa shape index (κ1) is 11.0. The van der Waals surface area contributed by atoms with Gasteiger partial charge in [0.25, 0.3) is 0 Å². The second kappa shape index (κ2) is 4.45. The van der Waals surface area contributed by atoms with Crippen molar-refractivity contribution in [1.29, 1.82) is 0 Å². The molecule has 1 aromatic heterocycles. The van der Waals surface area contributed by atoms with E-state index in [9.17, 15) is 0 Å². The minimum atomic E-state index is 0.406. The van der Waals surface area contributed by atoms with Gasteiger partial charge in [-0.15, -0.1) is 0 Å². The fraction of sp³-hybridized carbons (Fsp3) is 0.583. The predicted molar refractivity (Wildman–Crippen MR) is 59.0 cm³/mol. The largest absolute Gasteiger partial charge is 0.495 e. The van der Waals surface area contributed by atoms with Gasteiger partial charge in [-0.1, -0.05) is 27.7 Å². The molecule has 0 amide bonds.